The highest BCUT2D eigenvalue weighted by atomic mass is 19.2. The first kappa shape index (κ1) is 86.8. The molecule has 0 radical (unpaired) electrons. The van der Waals surface area contributed by atoms with Crippen LogP contribution in [0.5, 0.6) is 5.75 Å². The smallest absolute Gasteiger partial charge is 0.311 e. The van der Waals surface area contributed by atoms with Crippen molar-refractivity contribution in [1.29, 1.82) is 0 Å². The third kappa shape index (κ3) is 24.5. The van der Waals surface area contributed by atoms with E-state index in [2.05, 4.69) is 56.9 Å². The highest BCUT2D eigenvalue weighted by Gasteiger charge is 2.49. The van der Waals surface area contributed by atoms with Gasteiger partial charge >= 0.3 is 23.9 Å². The number of nitrogens with zero attached hydrogens (tertiary/aromatic N) is 9. The van der Waals surface area contributed by atoms with Crippen molar-refractivity contribution in [3.05, 3.63) is 64.8 Å². The summed E-state index contributed by atoms with van der Waals surface area (Å²) in [6.07, 6.45) is -7.87. The van der Waals surface area contributed by atoms with Gasteiger partial charge in [-0.3, -0.25) is 38.4 Å². The number of nitrogens with one attached hydrogen (secondary N) is 4. The molecular weight excluding hydrogens is 1450 g/mol. The summed E-state index contributed by atoms with van der Waals surface area (Å²) >= 11 is 0. The molecule has 3 aliphatic rings. The van der Waals surface area contributed by atoms with Crippen LogP contribution in [0.1, 0.15) is 172 Å². The molecule has 4 amide bonds. The molecule has 0 saturated carbocycles. The van der Waals surface area contributed by atoms with E-state index in [0.29, 0.717) is 49.2 Å². The van der Waals surface area contributed by atoms with Gasteiger partial charge in [0.2, 0.25) is 58.5 Å². The number of unbranched alkanes of at least 4 members (excludes halogenated alkanes) is 9. The van der Waals surface area contributed by atoms with E-state index in [0.717, 1.165) is 25.7 Å². The molecule has 7 rings (SSSR count). The van der Waals surface area contributed by atoms with Crippen LogP contribution < -0.4 is 26.0 Å². The molecule has 0 aliphatic carbocycles. The number of aryl methyl sites for hydroxylation is 3. The lowest BCUT2D eigenvalue weighted by atomic mass is 9.96. The Labute approximate surface area is 614 Å². The fourth-order valence-electron chi connectivity index (χ4n) is 12.3. The third-order valence-corrected chi connectivity index (χ3v) is 18.1. The van der Waals surface area contributed by atoms with E-state index in [1.165, 1.54) is 53.4 Å². The van der Waals surface area contributed by atoms with Crippen molar-refractivity contribution in [3.8, 4) is 5.75 Å². The van der Waals surface area contributed by atoms with Crippen LogP contribution in [0.25, 0.3) is 0 Å². The molecule has 3 saturated heterocycles. The van der Waals surface area contributed by atoms with Crippen molar-refractivity contribution in [2.45, 2.75) is 253 Å². The van der Waals surface area contributed by atoms with Crippen LogP contribution in [0, 0.1) is 29.1 Å². The molecule has 15 atom stereocenters. The summed E-state index contributed by atoms with van der Waals surface area (Å²) in [6.45, 7) is -0.789. The second kappa shape index (κ2) is 41.9. The number of halogens is 5. The lowest BCUT2D eigenvalue weighted by molar-refractivity contribution is -0.219. The Balaban J connectivity index is 1.00. The predicted molar refractivity (Wildman–Crippen MR) is 352 cm³/mol. The average molecular weight is 1550 g/mol. The van der Waals surface area contributed by atoms with Crippen LogP contribution in [0.15, 0.2) is 18.6 Å². The van der Waals surface area contributed by atoms with E-state index in [9.17, 15) is 106 Å². The van der Waals surface area contributed by atoms with E-state index < -0.39 is 219 Å². The van der Waals surface area contributed by atoms with E-state index in [-0.39, 0.29) is 77.0 Å². The van der Waals surface area contributed by atoms with Crippen LogP contribution >= 0.6 is 0 Å². The van der Waals surface area contributed by atoms with Gasteiger partial charge in [0.1, 0.15) is 98.4 Å². The Kier molecular flexibility index (Phi) is 33.7. The first-order chi connectivity index (χ1) is 51.5. The minimum absolute atomic E-state index is 0.0578. The first-order valence-electron chi connectivity index (χ1n) is 35.4. The minimum atomic E-state index is -2.39. The maximum Gasteiger partial charge on any atom is 0.311 e. The maximum absolute atomic E-state index is 14.1. The molecule has 42 heteroatoms. The minimum Gasteiger partial charge on any atom is -0.463 e. The highest BCUT2D eigenvalue weighted by molar-refractivity contribution is 5.78. The molecule has 3 aromatic heterocycles. The standard InChI is InChI=1S/C66H94F5N13O24/c1-34(88)72-53-59(99)56(96)40(28-85)105-63(53)82-25-37(76-79-82)17-14-22-44(92)102-31-66(32-103-45(93)23-15-18-38-26-83(80-77-38)64-54(73-35(2)89)60(100)57(97)41(29-86)106-64,33-104-46(94)24-16-19-39-27-84(81-78-39)65-55(74-36(3)90)61(101)58(98)42(30-87)107-65)75-43(91)20-12-10-8-6-4-5-7-9-11-13-21-47(95)108-62-51(70)49(68)48(67)50(69)52(62)71/h25-27,40-42,53-61,63-65,85-87,96-101H,4-24,28-33H2,1-3H3,(H,72,88)(H,73,89)(H,74,90)(H,75,91)/t40-,41-,42-,53-,54-,55-,56+,57+,58+,59-,60-,61-,63-,64-,65-/m1/s1. The number of carbonyl (C=O) groups excluding carboxylic acids is 8. The zero-order chi connectivity index (χ0) is 78.9. The molecule has 0 spiro atoms. The van der Waals surface area contributed by atoms with Gasteiger partial charge in [0.05, 0.1) is 55.5 Å². The molecule has 602 valence electrons. The number of hydrogen-bond donors (Lipinski definition) is 13. The topological polar surface area (TPSA) is 523 Å². The van der Waals surface area contributed by atoms with Gasteiger partial charge in [-0.25, -0.2) is 27.2 Å². The lowest BCUT2D eigenvalue weighted by Gasteiger charge is -2.42. The summed E-state index contributed by atoms with van der Waals surface area (Å²) in [5.74, 6) is -19.2. The van der Waals surface area contributed by atoms with Gasteiger partial charge in [-0.05, 0) is 51.4 Å². The second-order valence-electron chi connectivity index (χ2n) is 26.7. The monoisotopic (exact) mass is 1550 g/mol. The Morgan fingerprint density at radius 1 is 0.417 bits per heavy atom. The van der Waals surface area contributed by atoms with Gasteiger partial charge in [0.25, 0.3) is 0 Å². The number of rotatable bonds is 42. The summed E-state index contributed by atoms with van der Waals surface area (Å²) in [5, 5.41) is 128. The number of esters is 4. The van der Waals surface area contributed by atoms with Crippen LogP contribution in [0.3, 0.4) is 0 Å². The van der Waals surface area contributed by atoms with Crippen molar-refractivity contribution in [3.63, 3.8) is 0 Å². The maximum atomic E-state index is 14.1. The molecule has 108 heavy (non-hydrogen) atoms. The SMILES string of the molecule is CC(=O)N[C@@H]1[C@@H](O)[C@@H](O)[C@@H](CO)O[C@H]1n1cc(CCCC(=O)OCC(COC(=O)CCCc2cn([C@@H]3O[C@H](CO)[C@H](O)[C@H](O)[C@H]3NC(C)=O)nn2)(COC(=O)CCCc2cn([C@@H]3O[C@H](CO)[C@H](O)[C@H](O)[C@H]3NC(C)=O)nn2)NC(=O)CCCCCCCCCCCCC(=O)Oc2c(F)c(F)c(F)c(F)c2F)nn1. The Morgan fingerprint density at radius 2 is 0.704 bits per heavy atom. The number of aliphatic hydroxyl groups excluding tert-OH is 9. The molecule has 13 N–H and O–H groups in total. The Morgan fingerprint density at radius 3 is 1.01 bits per heavy atom. The second-order valence-corrected chi connectivity index (χ2v) is 26.7. The van der Waals surface area contributed by atoms with Crippen molar-refractivity contribution in [2.75, 3.05) is 39.6 Å². The van der Waals surface area contributed by atoms with E-state index in [1.54, 1.807) is 0 Å². The molecule has 1 aromatic carbocycles. The van der Waals surface area contributed by atoms with Crippen LogP contribution in [-0.2, 0) is 86.0 Å². The van der Waals surface area contributed by atoms with Gasteiger partial charge in [0.15, 0.2) is 18.7 Å². The average Bonchev–Trinajstić information content (AvgIpc) is 1.58. The number of carbonyl (C=O) groups is 8. The van der Waals surface area contributed by atoms with Gasteiger partial charge in [-0.1, -0.05) is 67.0 Å². The predicted octanol–water partition coefficient (Wildman–Crippen LogP) is -1.35. The molecule has 0 bridgehead atoms. The number of aliphatic hydroxyl groups is 9. The number of ether oxygens (including phenoxy) is 7. The number of hydrogen-bond acceptors (Lipinski definition) is 30. The molecule has 0 unspecified atom stereocenters. The summed E-state index contributed by atoms with van der Waals surface area (Å²) in [5.41, 5.74) is -1.09. The summed E-state index contributed by atoms with van der Waals surface area (Å²) < 4.78 is 111. The van der Waals surface area contributed by atoms with Crippen molar-refractivity contribution >= 4 is 47.5 Å². The van der Waals surface area contributed by atoms with E-state index in [1.807, 2.05) is 0 Å². The molecule has 6 heterocycles. The Bertz CT molecular complexity index is 3340. The molecule has 3 aliphatic heterocycles. The summed E-state index contributed by atoms with van der Waals surface area (Å²) in [7, 11) is 0. The number of amides is 4. The van der Waals surface area contributed by atoms with Crippen LogP contribution in [0.4, 0.5) is 22.0 Å². The highest BCUT2D eigenvalue weighted by Crippen LogP contribution is 2.33. The summed E-state index contributed by atoms with van der Waals surface area (Å²) in [4.78, 5) is 104. The normalized spacial score (nSPS) is 24.3. The van der Waals surface area contributed by atoms with Crippen molar-refractivity contribution in [1.82, 2.24) is 66.2 Å². The molecular formula is C66H94F5N13O24. The Hall–Kier alpha value is -8.43. The largest absolute Gasteiger partial charge is 0.463 e. The third-order valence-electron chi connectivity index (χ3n) is 18.1. The van der Waals surface area contributed by atoms with Gasteiger partial charge in [-0.2, -0.15) is 8.78 Å². The fourth-order valence-corrected chi connectivity index (χ4v) is 12.3. The van der Waals surface area contributed by atoms with Crippen LogP contribution in [-0.4, -0.2) is 257 Å². The zero-order valence-electron chi connectivity index (χ0n) is 59.5. The molecule has 4 aromatic rings. The van der Waals surface area contributed by atoms with Gasteiger partial charge < -0.3 is 100 Å². The van der Waals surface area contributed by atoms with Crippen molar-refractivity contribution < 1.29 is 139 Å². The fraction of sp³-hybridized carbons (Fsp3) is 0.697. The number of aromatic nitrogens is 9. The number of benzene rings is 1. The zero-order valence-corrected chi connectivity index (χ0v) is 59.5. The van der Waals surface area contributed by atoms with Crippen LogP contribution in [0.2, 0.25) is 0 Å². The van der Waals surface area contributed by atoms with E-state index in [4.69, 9.17) is 28.4 Å². The van der Waals surface area contributed by atoms with Gasteiger partial charge in [0, 0.05) is 52.9 Å². The summed E-state index contributed by atoms with van der Waals surface area (Å²) in [6, 6.07) is -3.69. The van der Waals surface area contributed by atoms with Crippen molar-refractivity contribution in [2.24, 2.45) is 0 Å². The lowest BCUT2D eigenvalue weighted by Crippen LogP contribution is -2.62. The quantitative estimate of drug-likeness (QED) is 0.00464. The van der Waals surface area contributed by atoms with Gasteiger partial charge in [-0.15, -0.1) is 15.3 Å². The molecule has 37 nitrogen and oxygen atoms in total. The van der Waals surface area contributed by atoms with E-state index >= 15 is 0 Å². The molecule has 3 fully saturated rings. The first-order valence-corrected chi connectivity index (χ1v) is 35.4.